The van der Waals surface area contributed by atoms with E-state index in [4.69, 9.17) is 13.6 Å². The number of hydrogen-bond acceptors (Lipinski definition) is 25. The molecule has 0 aliphatic heterocycles. The smallest absolute Gasteiger partial charge is 0.532 e. The normalized spacial score (nSPS) is 10.2. The summed E-state index contributed by atoms with van der Waals surface area (Å²) < 4.78 is 254. The number of amides is 1. The molecule has 0 aromatic carbocycles. The zero-order valence-electron chi connectivity index (χ0n) is 29.9. The van der Waals surface area contributed by atoms with E-state index in [0.717, 1.165) is 6.08 Å². The Balaban J connectivity index is 5.16. The summed E-state index contributed by atoms with van der Waals surface area (Å²) in [6, 6.07) is 0.220. The van der Waals surface area contributed by atoms with Crippen molar-refractivity contribution in [1.82, 2.24) is 5.32 Å². The van der Waals surface area contributed by atoms with E-state index in [0.29, 0.717) is 0 Å². The highest BCUT2D eigenvalue weighted by atomic mass is 30.1. The Hall–Kier alpha value is -1.22. The van der Waals surface area contributed by atoms with Gasteiger partial charge in [-0.25, -0.2) is 9.59 Å². The number of ether oxygens (including phenoxy) is 3. The van der Waals surface area contributed by atoms with Crippen LogP contribution in [0.3, 0.4) is 0 Å². The van der Waals surface area contributed by atoms with Crippen molar-refractivity contribution in [3.8, 4) is 0 Å². The van der Waals surface area contributed by atoms with Crippen LogP contribution in [0.1, 0.15) is 6.42 Å². The minimum absolute atomic E-state index is 0.0174. The summed E-state index contributed by atoms with van der Waals surface area (Å²) >= 11 is 0. The summed E-state index contributed by atoms with van der Waals surface area (Å²) in [6.07, 6.45) is 0.430. The van der Waals surface area contributed by atoms with Gasteiger partial charge in [0, 0.05) is 12.7 Å². The van der Waals surface area contributed by atoms with Gasteiger partial charge in [0.15, 0.2) is 0 Å². The molecule has 1 N–H and O–H groups in total. The molecule has 0 aliphatic carbocycles. The molecule has 0 fully saturated rings. The molecule has 0 aromatic rings. The molecule has 0 aromatic heterocycles. The number of carbonyl (C=O) groups is 2. The molecule has 46 heteroatoms. The Labute approximate surface area is 355 Å². The Morgan fingerprint density at radius 3 is 1.29 bits per heavy atom. The minimum Gasteiger partial charge on any atom is -0.578 e. The molecular weight excluding hydrogens is 1130 g/mol. The summed E-state index contributed by atoms with van der Waals surface area (Å²) in [5.41, 5.74) is 0. The van der Waals surface area contributed by atoms with Crippen molar-refractivity contribution in [2.24, 2.45) is 0 Å². The molecule has 0 spiro atoms. The second-order valence-electron chi connectivity index (χ2n) is 11.0. The van der Waals surface area contributed by atoms with E-state index in [9.17, 15) is 94.4 Å². The second-order valence-corrected chi connectivity index (χ2v) is 101. The molecule has 59 heavy (non-hydrogen) atoms. The van der Waals surface area contributed by atoms with E-state index in [1.165, 1.54) is 13.1 Å². The van der Waals surface area contributed by atoms with Crippen LogP contribution in [0.5, 0.6) is 0 Å². The number of hydrogen-bond donors (Lipinski definition) is 1. The molecular formula is C13H24NO25Si20. The van der Waals surface area contributed by atoms with Crippen LogP contribution in [0.25, 0.3) is 0 Å². The van der Waals surface area contributed by atoms with Crippen molar-refractivity contribution < 1.29 is 113 Å². The fourth-order valence-corrected chi connectivity index (χ4v) is 202. The molecule has 311 valence electrons. The highest BCUT2D eigenvalue weighted by molar-refractivity contribution is 7.82. The first-order valence-electron chi connectivity index (χ1n) is 15.4. The van der Waals surface area contributed by atoms with Crippen molar-refractivity contribution in [3.05, 3.63) is 12.7 Å². The number of rotatable bonds is 31. The summed E-state index contributed by atoms with van der Waals surface area (Å²) in [5.74, 6) is -0.670. The van der Waals surface area contributed by atoms with E-state index >= 15 is 0 Å². The first-order chi connectivity index (χ1) is 27.3. The summed E-state index contributed by atoms with van der Waals surface area (Å²) in [4.78, 5) is 22.5. The van der Waals surface area contributed by atoms with Crippen LogP contribution in [0.2, 0.25) is 19.1 Å². The van der Waals surface area contributed by atoms with E-state index in [2.05, 4.69) is 16.6 Å². The number of nitrogens with one attached hydrogen (secondary N) is 1. The lowest BCUT2D eigenvalue weighted by Gasteiger charge is -2.22. The van der Waals surface area contributed by atoms with Gasteiger partial charge < -0.3 is 108 Å². The molecule has 0 saturated heterocycles. The molecule has 0 rings (SSSR count). The summed E-state index contributed by atoms with van der Waals surface area (Å²) in [5, 5.41) is 2.32. The van der Waals surface area contributed by atoms with E-state index in [1.807, 2.05) is 0 Å². The number of esters is 1. The van der Waals surface area contributed by atoms with Gasteiger partial charge in [0.2, 0.25) is 8.32 Å². The van der Waals surface area contributed by atoms with Gasteiger partial charge in [-0.05, 0) is 25.6 Å². The molecule has 0 atom stereocenters. The van der Waals surface area contributed by atoms with E-state index in [1.54, 1.807) is 0 Å². The first-order valence-corrected chi connectivity index (χ1v) is 62.7. The van der Waals surface area contributed by atoms with Crippen molar-refractivity contribution in [2.45, 2.75) is 25.6 Å². The maximum Gasteiger partial charge on any atom is 0.532 e. The van der Waals surface area contributed by atoms with Gasteiger partial charge in [-0.1, -0.05) is 6.58 Å². The lowest BCUT2D eigenvalue weighted by molar-refractivity contribution is -0.137. The standard InChI is InChI=1S/C13H24NO25Si20/c1-4-12(15)37-8-6-14-13(16)38-10-9-36-7-5-11-59(2,3)39-41(18)43(20)45(22)47(24)49(26)51(28)53(30)55(32)57(34)58(35)56(33)54(31)52(29)50(27)48(25)46(23)44(21)42(19)40-17/h4H,1,5-11H2,2-3H3,(H,14,16). The van der Waals surface area contributed by atoms with Crippen LogP contribution in [-0.4, -0.2) is 202 Å². The first kappa shape index (κ1) is 57.8. The zero-order valence-corrected chi connectivity index (χ0v) is 49.9. The Kier molecular flexibility index (Phi) is 27.9. The minimum atomic E-state index is -4.45. The van der Waals surface area contributed by atoms with Crippen molar-refractivity contribution in [1.29, 1.82) is 0 Å². The van der Waals surface area contributed by atoms with Gasteiger partial charge in [-0.2, -0.15) is 0 Å². The fraction of sp³-hybridized carbons (Fsp3) is 0.692. The Bertz CT molecular complexity index is 2070. The van der Waals surface area contributed by atoms with Gasteiger partial charge in [0.05, 0.1) is 13.2 Å². The predicted octanol–water partition coefficient (Wildman–Crippen LogP) is -7.96. The van der Waals surface area contributed by atoms with Gasteiger partial charge in [-0.15, -0.1) is 0 Å². The average Bonchev–Trinajstić information content (AvgIpc) is 3.22. The molecule has 0 bridgehead atoms. The highest BCUT2D eigenvalue weighted by Gasteiger charge is 2.56. The summed E-state index contributed by atoms with van der Waals surface area (Å²) in [7, 11) is -80.1. The van der Waals surface area contributed by atoms with Gasteiger partial charge in [0.1, 0.15) is 13.2 Å². The molecule has 26 nitrogen and oxygen atoms in total. The average molecular weight is 1160 g/mol. The Morgan fingerprint density at radius 1 is 0.542 bits per heavy atom. The molecule has 0 saturated carbocycles. The SMILES string of the molecule is C=CC(=O)OCCNC(=O)OCCOCCC[Si](C)(C)O[Si](=O)[Si](=O)[Si](=O)[Si](=O)[Si](=O)[Si](=O)[Si](=O)[Si](=O)[Si](=O)[Si](=O)[Si](=O)[Si](=O)[Si](=O)[Si](=O)[Si](=O)[Si](=O)[Si](=O)[Si](=O)[Si]=O. The maximum absolute atomic E-state index is 12.7. The van der Waals surface area contributed by atoms with E-state index < -0.39 is 169 Å². The van der Waals surface area contributed by atoms with Crippen molar-refractivity contribution in [2.75, 3.05) is 33.0 Å². The van der Waals surface area contributed by atoms with Crippen LogP contribution in [0, 0.1) is 0 Å². The van der Waals surface area contributed by atoms with Gasteiger partial charge >= 0.3 is 161 Å². The van der Waals surface area contributed by atoms with Crippen LogP contribution >= 0.6 is 0 Å². The monoisotopic (exact) mass is 1150 g/mol. The molecule has 0 unspecified atom stereocenters. The van der Waals surface area contributed by atoms with Crippen LogP contribution in [0.15, 0.2) is 12.7 Å². The van der Waals surface area contributed by atoms with Gasteiger partial charge in [0.25, 0.3) is 0 Å². The van der Waals surface area contributed by atoms with Crippen LogP contribution in [0.4, 0.5) is 4.79 Å². The lowest BCUT2D eigenvalue weighted by atomic mass is 10.5. The van der Waals surface area contributed by atoms with Crippen LogP contribution < -0.4 is 5.32 Å². The highest BCUT2D eigenvalue weighted by Crippen LogP contribution is 2.14. The van der Waals surface area contributed by atoms with Gasteiger partial charge in [-0.3, -0.25) is 0 Å². The topological polar surface area (TPSA) is 407 Å². The zero-order chi connectivity index (χ0) is 45.9. The van der Waals surface area contributed by atoms with Crippen LogP contribution in [-0.2, 0) is 108 Å². The third kappa shape index (κ3) is 19.4. The quantitative estimate of drug-likeness (QED) is 0.0291. The Morgan fingerprint density at radius 2 is 0.915 bits per heavy atom. The third-order valence-electron chi connectivity index (χ3n) is 6.26. The molecule has 1 radical (unpaired) electrons. The summed E-state index contributed by atoms with van der Waals surface area (Å²) in [6.45, 7) is 6.04. The predicted molar refractivity (Wildman–Crippen MR) is 202 cm³/mol. The maximum atomic E-state index is 12.7. The number of carbonyl (C=O) groups excluding carboxylic acids is 2. The number of alkyl carbamates (subject to hydrolysis) is 1. The van der Waals surface area contributed by atoms with Crippen molar-refractivity contribution in [3.63, 3.8) is 0 Å². The third-order valence-corrected chi connectivity index (χ3v) is 144. The second kappa shape index (κ2) is 28.5. The van der Waals surface area contributed by atoms with Crippen molar-refractivity contribution >= 4 is 169 Å². The largest absolute Gasteiger partial charge is 0.578 e. The molecule has 1 amide bonds. The fourth-order valence-electron chi connectivity index (χ4n) is 3.34. The van der Waals surface area contributed by atoms with E-state index in [-0.39, 0.29) is 45.4 Å². The lowest BCUT2D eigenvalue weighted by Crippen LogP contribution is -2.56. The molecule has 0 heterocycles. The molecule has 0 aliphatic rings.